The lowest BCUT2D eigenvalue weighted by Gasteiger charge is -2.35. The number of nitrogens with zero attached hydrogens (tertiary/aromatic N) is 3. The fraction of sp³-hybridized carbons (Fsp3) is 0.727. The lowest BCUT2D eigenvalue weighted by atomic mass is 10.2. The molecule has 5 heteroatoms. The maximum absolute atomic E-state index is 11.7. The van der Waals surface area contributed by atoms with Gasteiger partial charge in [0.25, 0.3) is 0 Å². The Morgan fingerprint density at radius 2 is 2.00 bits per heavy atom. The molecule has 1 fully saturated rings. The average Bonchev–Trinajstić information content (AvgIpc) is 2.24. The summed E-state index contributed by atoms with van der Waals surface area (Å²) in [4.78, 5) is 26.5. The van der Waals surface area contributed by atoms with E-state index in [9.17, 15) is 9.59 Å². The first-order valence-corrected chi connectivity index (χ1v) is 5.54. The van der Waals surface area contributed by atoms with E-state index in [1.54, 1.807) is 9.80 Å². The fourth-order valence-corrected chi connectivity index (χ4v) is 1.74. The van der Waals surface area contributed by atoms with Crippen LogP contribution in [0.5, 0.6) is 0 Å². The molecule has 1 aliphatic rings. The van der Waals surface area contributed by atoms with Gasteiger partial charge in [-0.25, -0.2) is 0 Å². The summed E-state index contributed by atoms with van der Waals surface area (Å²) in [6.07, 6.45) is 1.06. The molecule has 0 aromatic rings. The van der Waals surface area contributed by atoms with Gasteiger partial charge in [0.05, 0.1) is 6.07 Å². The van der Waals surface area contributed by atoms with E-state index in [4.69, 9.17) is 5.26 Å². The van der Waals surface area contributed by atoms with Crippen molar-refractivity contribution in [1.82, 2.24) is 9.80 Å². The summed E-state index contributed by atoms with van der Waals surface area (Å²) in [6, 6.07) is 2.09. The molecule has 5 nitrogen and oxygen atoms in total. The van der Waals surface area contributed by atoms with Gasteiger partial charge >= 0.3 is 11.8 Å². The Balaban J connectivity index is 2.52. The standard InChI is InChI=1S/C11H17N3O2/c1-9(2)14-8-7-13(6-4-3-5-12)10(15)11(14)16/h9H,3-4,6-8H2,1-2H3. The number of hydrogen-bond donors (Lipinski definition) is 0. The molecule has 16 heavy (non-hydrogen) atoms. The van der Waals surface area contributed by atoms with E-state index in [0.29, 0.717) is 32.5 Å². The average molecular weight is 223 g/mol. The quantitative estimate of drug-likeness (QED) is 0.511. The summed E-state index contributed by atoms with van der Waals surface area (Å²) in [6.45, 7) is 5.47. The molecule has 0 aromatic carbocycles. The summed E-state index contributed by atoms with van der Waals surface area (Å²) in [5, 5.41) is 8.40. The number of rotatable bonds is 4. The van der Waals surface area contributed by atoms with Crippen molar-refractivity contribution >= 4 is 11.8 Å². The van der Waals surface area contributed by atoms with Gasteiger partial charge in [-0.2, -0.15) is 5.26 Å². The second-order valence-electron chi connectivity index (χ2n) is 4.15. The normalized spacial score (nSPS) is 16.9. The molecule has 0 N–H and O–H groups in total. The van der Waals surface area contributed by atoms with Crippen molar-refractivity contribution < 1.29 is 9.59 Å². The molecule has 0 atom stereocenters. The van der Waals surface area contributed by atoms with E-state index in [0.717, 1.165) is 0 Å². The minimum absolute atomic E-state index is 0.0673. The first-order chi connectivity index (χ1) is 7.57. The second kappa shape index (κ2) is 5.50. The largest absolute Gasteiger partial charge is 0.333 e. The summed E-state index contributed by atoms with van der Waals surface area (Å²) in [7, 11) is 0. The van der Waals surface area contributed by atoms with Crippen LogP contribution in [-0.4, -0.2) is 47.3 Å². The van der Waals surface area contributed by atoms with Crippen molar-refractivity contribution in [2.45, 2.75) is 32.7 Å². The van der Waals surface area contributed by atoms with E-state index in [1.807, 2.05) is 19.9 Å². The number of carbonyl (C=O) groups is 2. The van der Waals surface area contributed by atoms with Crippen molar-refractivity contribution in [2.75, 3.05) is 19.6 Å². The zero-order valence-electron chi connectivity index (χ0n) is 9.77. The van der Waals surface area contributed by atoms with Crippen molar-refractivity contribution in [3.05, 3.63) is 0 Å². The van der Waals surface area contributed by atoms with Gasteiger partial charge in [0, 0.05) is 32.1 Å². The third-order valence-electron chi connectivity index (χ3n) is 2.68. The van der Waals surface area contributed by atoms with Crippen LogP contribution in [0.1, 0.15) is 26.7 Å². The highest BCUT2D eigenvalue weighted by Crippen LogP contribution is 2.09. The van der Waals surface area contributed by atoms with Crippen LogP contribution in [-0.2, 0) is 9.59 Å². The molecule has 0 aliphatic carbocycles. The van der Waals surface area contributed by atoms with E-state index >= 15 is 0 Å². The van der Waals surface area contributed by atoms with Gasteiger partial charge < -0.3 is 9.80 Å². The van der Waals surface area contributed by atoms with Gasteiger partial charge in [0.2, 0.25) is 0 Å². The highest BCUT2D eigenvalue weighted by Gasteiger charge is 2.33. The number of hydrogen-bond acceptors (Lipinski definition) is 3. The highest BCUT2D eigenvalue weighted by atomic mass is 16.2. The Hall–Kier alpha value is -1.57. The SMILES string of the molecule is CC(C)N1CCN(CCCC#N)C(=O)C1=O. The molecule has 88 valence electrons. The molecule has 0 bridgehead atoms. The molecule has 1 heterocycles. The number of piperazine rings is 1. The molecular formula is C11H17N3O2. The lowest BCUT2D eigenvalue weighted by molar-refractivity contribution is -0.157. The molecule has 0 spiro atoms. The van der Waals surface area contributed by atoms with Gasteiger partial charge in [0.15, 0.2) is 0 Å². The van der Waals surface area contributed by atoms with Crippen molar-refractivity contribution in [1.29, 1.82) is 5.26 Å². The molecule has 0 aromatic heterocycles. The molecule has 1 aliphatic heterocycles. The zero-order chi connectivity index (χ0) is 12.1. The third-order valence-corrected chi connectivity index (χ3v) is 2.68. The second-order valence-corrected chi connectivity index (χ2v) is 4.15. The Morgan fingerprint density at radius 1 is 1.31 bits per heavy atom. The van der Waals surface area contributed by atoms with Crippen LogP contribution in [0.4, 0.5) is 0 Å². The number of unbranched alkanes of at least 4 members (excludes halogenated alkanes) is 1. The summed E-state index contributed by atoms with van der Waals surface area (Å²) < 4.78 is 0. The summed E-state index contributed by atoms with van der Waals surface area (Å²) in [5.74, 6) is -0.851. The highest BCUT2D eigenvalue weighted by molar-refractivity contribution is 6.35. The third kappa shape index (κ3) is 2.72. The maximum atomic E-state index is 11.7. The van der Waals surface area contributed by atoms with Crippen molar-refractivity contribution in [3.8, 4) is 6.07 Å². The molecule has 2 amide bonds. The van der Waals surface area contributed by atoms with Crippen molar-refractivity contribution in [3.63, 3.8) is 0 Å². The summed E-state index contributed by atoms with van der Waals surface area (Å²) in [5.41, 5.74) is 0. The number of carbonyl (C=O) groups excluding carboxylic acids is 2. The monoisotopic (exact) mass is 223 g/mol. The number of amides is 2. The predicted molar refractivity (Wildman–Crippen MR) is 58.3 cm³/mol. The first kappa shape index (κ1) is 12.5. The zero-order valence-corrected chi connectivity index (χ0v) is 9.77. The Labute approximate surface area is 95.6 Å². The van der Waals surface area contributed by atoms with Gasteiger partial charge in [-0.05, 0) is 20.3 Å². The van der Waals surface area contributed by atoms with Crippen LogP contribution in [0.15, 0.2) is 0 Å². The lowest BCUT2D eigenvalue weighted by Crippen LogP contribution is -2.56. The summed E-state index contributed by atoms with van der Waals surface area (Å²) >= 11 is 0. The topological polar surface area (TPSA) is 64.4 Å². The van der Waals surface area contributed by atoms with E-state index in [-0.39, 0.29) is 6.04 Å². The van der Waals surface area contributed by atoms with Gasteiger partial charge in [-0.15, -0.1) is 0 Å². The Bertz CT molecular complexity index is 320. The molecule has 0 saturated carbocycles. The van der Waals surface area contributed by atoms with Crippen LogP contribution in [0.3, 0.4) is 0 Å². The van der Waals surface area contributed by atoms with Crippen LogP contribution in [0, 0.1) is 11.3 Å². The van der Waals surface area contributed by atoms with Crippen LogP contribution >= 0.6 is 0 Å². The predicted octanol–water partition coefficient (Wildman–Crippen LogP) is 0.369. The van der Waals surface area contributed by atoms with Crippen LogP contribution in [0.25, 0.3) is 0 Å². The molecule has 0 radical (unpaired) electrons. The minimum atomic E-state index is -0.433. The van der Waals surface area contributed by atoms with Crippen LogP contribution in [0.2, 0.25) is 0 Å². The fourth-order valence-electron chi connectivity index (χ4n) is 1.74. The molecule has 1 saturated heterocycles. The van der Waals surface area contributed by atoms with E-state index in [1.165, 1.54) is 0 Å². The smallest absolute Gasteiger partial charge is 0.312 e. The molecule has 0 unspecified atom stereocenters. The first-order valence-electron chi connectivity index (χ1n) is 5.54. The molecular weight excluding hydrogens is 206 g/mol. The maximum Gasteiger partial charge on any atom is 0.312 e. The number of nitriles is 1. The minimum Gasteiger partial charge on any atom is -0.333 e. The Morgan fingerprint density at radius 3 is 2.56 bits per heavy atom. The molecule has 1 rings (SSSR count). The van der Waals surface area contributed by atoms with Gasteiger partial charge in [-0.1, -0.05) is 0 Å². The van der Waals surface area contributed by atoms with Gasteiger partial charge in [0.1, 0.15) is 0 Å². The van der Waals surface area contributed by atoms with E-state index < -0.39 is 11.8 Å². The van der Waals surface area contributed by atoms with Crippen LogP contribution < -0.4 is 0 Å². The van der Waals surface area contributed by atoms with Gasteiger partial charge in [-0.3, -0.25) is 9.59 Å². The van der Waals surface area contributed by atoms with E-state index in [2.05, 4.69) is 0 Å². The Kier molecular flexibility index (Phi) is 4.29. The van der Waals surface area contributed by atoms with Crippen molar-refractivity contribution in [2.24, 2.45) is 0 Å².